The third kappa shape index (κ3) is 4.18. The summed E-state index contributed by atoms with van der Waals surface area (Å²) in [4.78, 5) is 14.6. The van der Waals surface area contributed by atoms with Crippen LogP contribution in [0.3, 0.4) is 0 Å². The summed E-state index contributed by atoms with van der Waals surface area (Å²) in [5.74, 6) is 0.796. The lowest BCUT2D eigenvalue weighted by Crippen LogP contribution is -1.91. The summed E-state index contributed by atoms with van der Waals surface area (Å²) >= 11 is 1.44. The molecule has 0 unspecified atom stereocenters. The van der Waals surface area contributed by atoms with Gasteiger partial charge in [-0.25, -0.2) is 4.98 Å². The quantitative estimate of drug-likeness (QED) is 0.407. The van der Waals surface area contributed by atoms with E-state index in [0.29, 0.717) is 5.13 Å². The third-order valence-electron chi connectivity index (χ3n) is 3.37. The number of anilines is 1. The van der Waals surface area contributed by atoms with Gasteiger partial charge in [-0.3, -0.25) is 15.5 Å². The molecular formula is C17H14N4O3S. The molecule has 25 heavy (non-hydrogen) atoms. The molecule has 0 aliphatic heterocycles. The molecule has 0 saturated heterocycles. The smallest absolute Gasteiger partial charge is 0.269 e. The highest BCUT2D eigenvalue weighted by Crippen LogP contribution is 2.26. The van der Waals surface area contributed by atoms with Crippen LogP contribution in [0.2, 0.25) is 0 Å². The maximum atomic E-state index is 10.6. The van der Waals surface area contributed by atoms with Gasteiger partial charge in [0.05, 0.1) is 23.9 Å². The first-order valence-corrected chi connectivity index (χ1v) is 8.17. The van der Waals surface area contributed by atoms with E-state index < -0.39 is 4.92 Å². The number of hydrogen-bond acceptors (Lipinski definition) is 7. The molecule has 2 aromatic carbocycles. The number of methoxy groups -OCH3 is 1. The van der Waals surface area contributed by atoms with Crippen LogP contribution >= 0.6 is 11.3 Å². The second-order valence-corrected chi connectivity index (χ2v) is 5.84. The number of nitro benzene ring substituents is 1. The minimum Gasteiger partial charge on any atom is -0.497 e. The van der Waals surface area contributed by atoms with Crippen molar-refractivity contribution in [3.63, 3.8) is 0 Å². The largest absolute Gasteiger partial charge is 0.497 e. The molecule has 0 amide bonds. The van der Waals surface area contributed by atoms with Crippen molar-refractivity contribution >= 4 is 28.4 Å². The van der Waals surface area contributed by atoms with Gasteiger partial charge in [0, 0.05) is 23.1 Å². The zero-order valence-electron chi connectivity index (χ0n) is 13.2. The maximum Gasteiger partial charge on any atom is 0.269 e. The van der Waals surface area contributed by atoms with Gasteiger partial charge in [0.2, 0.25) is 5.13 Å². The van der Waals surface area contributed by atoms with Crippen LogP contribution in [-0.2, 0) is 0 Å². The van der Waals surface area contributed by atoms with E-state index in [0.717, 1.165) is 22.6 Å². The maximum absolute atomic E-state index is 10.6. The molecule has 0 fully saturated rings. The van der Waals surface area contributed by atoms with Crippen molar-refractivity contribution in [3.8, 4) is 17.0 Å². The fourth-order valence-corrected chi connectivity index (χ4v) is 2.73. The highest BCUT2D eigenvalue weighted by molar-refractivity contribution is 7.14. The zero-order valence-corrected chi connectivity index (χ0v) is 14.1. The lowest BCUT2D eigenvalue weighted by atomic mass is 10.2. The Bertz CT molecular complexity index is 889. The van der Waals surface area contributed by atoms with Gasteiger partial charge in [0.15, 0.2) is 0 Å². The van der Waals surface area contributed by atoms with Crippen LogP contribution in [0.25, 0.3) is 11.3 Å². The molecule has 1 aromatic heterocycles. The minimum atomic E-state index is -0.435. The predicted molar refractivity (Wildman–Crippen MR) is 98.4 cm³/mol. The molecule has 8 heteroatoms. The van der Waals surface area contributed by atoms with Gasteiger partial charge >= 0.3 is 0 Å². The van der Waals surface area contributed by atoms with Gasteiger partial charge < -0.3 is 4.74 Å². The number of benzene rings is 2. The van der Waals surface area contributed by atoms with E-state index in [1.165, 1.54) is 23.5 Å². The summed E-state index contributed by atoms with van der Waals surface area (Å²) in [7, 11) is 1.63. The monoisotopic (exact) mass is 354 g/mol. The number of hydrogen-bond donors (Lipinski definition) is 1. The first-order chi connectivity index (χ1) is 12.2. The Balaban J connectivity index is 1.63. The van der Waals surface area contributed by atoms with E-state index in [9.17, 15) is 10.1 Å². The lowest BCUT2D eigenvalue weighted by molar-refractivity contribution is -0.384. The number of nitrogens with zero attached hydrogens (tertiary/aromatic N) is 3. The topological polar surface area (TPSA) is 89.6 Å². The fourth-order valence-electron chi connectivity index (χ4n) is 2.06. The van der Waals surface area contributed by atoms with Crippen LogP contribution in [0.15, 0.2) is 59.0 Å². The van der Waals surface area contributed by atoms with Gasteiger partial charge in [0.1, 0.15) is 5.75 Å². The summed E-state index contributed by atoms with van der Waals surface area (Å²) in [6.07, 6.45) is 1.58. The third-order valence-corrected chi connectivity index (χ3v) is 4.11. The number of nitrogens with one attached hydrogen (secondary N) is 1. The Morgan fingerprint density at radius 1 is 1.20 bits per heavy atom. The number of non-ortho nitro benzene ring substituents is 1. The standard InChI is InChI=1S/C17H14N4O3S/c1-24-15-8-4-13(5-9-15)16-11-25-17(19-16)20-18-10-12-2-6-14(7-3-12)21(22)23/h2-11H,1H3,(H,19,20)/b18-10+. The molecule has 0 aliphatic rings. The van der Waals surface area contributed by atoms with E-state index in [1.54, 1.807) is 25.5 Å². The van der Waals surface area contributed by atoms with Gasteiger partial charge in [-0.2, -0.15) is 5.10 Å². The average molecular weight is 354 g/mol. The summed E-state index contributed by atoms with van der Waals surface area (Å²) in [5.41, 5.74) is 5.50. The van der Waals surface area contributed by atoms with Gasteiger partial charge in [0.25, 0.3) is 5.69 Å². The van der Waals surface area contributed by atoms with Crippen LogP contribution in [0.5, 0.6) is 5.75 Å². The number of hydrazone groups is 1. The molecule has 0 saturated carbocycles. The van der Waals surface area contributed by atoms with Crippen molar-refractivity contribution in [2.24, 2.45) is 5.10 Å². The second kappa shape index (κ2) is 7.54. The Labute approximate surface area is 147 Å². The first-order valence-electron chi connectivity index (χ1n) is 7.29. The molecule has 1 heterocycles. The summed E-state index contributed by atoms with van der Waals surface area (Å²) in [5, 5.41) is 17.3. The molecule has 126 valence electrons. The van der Waals surface area contributed by atoms with Crippen molar-refractivity contribution < 1.29 is 9.66 Å². The molecule has 0 aliphatic carbocycles. The molecule has 3 aromatic rings. The van der Waals surface area contributed by atoms with Crippen LogP contribution in [0.1, 0.15) is 5.56 Å². The number of rotatable bonds is 6. The SMILES string of the molecule is COc1ccc(-c2csc(N/N=C/c3ccc([N+](=O)[O-])cc3)n2)cc1. The number of nitro groups is 1. The Morgan fingerprint density at radius 2 is 1.92 bits per heavy atom. The minimum absolute atomic E-state index is 0.0502. The normalized spacial score (nSPS) is 10.8. The number of ether oxygens (including phenoxy) is 1. The fraction of sp³-hybridized carbons (Fsp3) is 0.0588. The molecule has 0 spiro atoms. The van der Waals surface area contributed by atoms with Crippen molar-refractivity contribution in [2.75, 3.05) is 12.5 Å². The van der Waals surface area contributed by atoms with E-state index in [-0.39, 0.29) is 5.69 Å². The molecule has 1 N–H and O–H groups in total. The van der Waals surface area contributed by atoms with Gasteiger partial charge in [-0.15, -0.1) is 11.3 Å². The van der Waals surface area contributed by atoms with E-state index in [4.69, 9.17) is 4.74 Å². The van der Waals surface area contributed by atoms with E-state index in [1.807, 2.05) is 29.6 Å². The van der Waals surface area contributed by atoms with E-state index >= 15 is 0 Å². The van der Waals surface area contributed by atoms with Gasteiger partial charge in [-0.1, -0.05) is 0 Å². The van der Waals surface area contributed by atoms with Crippen molar-refractivity contribution in [1.29, 1.82) is 0 Å². The molecule has 3 rings (SSSR count). The predicted octanol–water partition coefficient (Wildman–Crippen LogP) is 4.17. The Hall–Kier alpha value is -3.26. The summed E-state index contributed by atoms with van der Waals surface area (Å²) in [6.45, 7) is 0. The van der Waals surface area contributed by atoms with Crippen molar-refractivity contribution in [1.82, 2.24) is 4.98 Å². The Morgan fingerprint density at radius 3 is 2.56 bits per heavy atom. The highest BCUT2D eigenvalue weighted by Gasteiger charge is 2.05. The number of aromatic nitrogens is 1. The molecule has 0 radical (unpaired) electrons. The first kappa shape index (κ1) is 16.6. The van der Waals surface area contributed by atoms with Crippen LogP contribution in [-0.4, -0.2) is 23.2 Å². The highest BCUT2D eigenvalue weighted by atomic mass is 32.1. The molecule has 0 bridgehead atoms. The Kier molecular flexibility index (Phi) is 5.00. The molecular weight excluding hydrogens is 340 g/mol. The average Bonchev–Trinajstić information content (AvgIpc) is 3.11. The van der Waals surface area contributed by atoms with E-state index in [2.05, 4.69) is 15.5 Å². The van der Waals surface area contributed by atoms with Gasteiger partial charge in [-0.05, 0) is 42.0 Å². The van der Waals surface area contributed by atoms with Crippen LogP contribution in [0, 0.1) is 10.1 Å². The number of thiazole rings is 1. The van der Waals surface area contributed by atoms with Crippen molar-refractivity contribution in [2.45, 2.75) is 0 Å². The summed E-state index contributed by atoms with van der Waals surface area (Å²) in [6, 6.07) is 13.8. The van der Waals surface area contributed by atoms with Crippen molar-refractivity contribution in [3.05, 3.63) is 69.6 Å². The van der Waals surface area contributed by atoms with Crippen LogP contribution < -0.4 is 10.2 Å². The zero-order chi connectivity index (χ0) is 17.6. The second-order valence-electron chi connectivity index (χ2n) is 4.99. The molecule has 7 nitrogen and oxygen atoms in total. The molecule has 0 atom stereocenters. The van der Waals surface area contributed by atoms with Crippen LogP contribution in [0.4, 0.5) is 10.8 Å². The summed E-state index contributed by atoms with van der Waals surface area (Å²) < 4.78 is 5.14. The lowest BCUT2D eigenvalue weighted by Gasteiger charge is -2.00.